The molecule has 3 heterocycles. The molecule has 0 amide bonds. The standard InChI is InChI=1S/C21H15N3O2.C2HF3O2/c1-25-16-8-15(11-22-12-16)13-6-7-18-20(10-13)26-21(24-18)19-9-14-4-2-3-5-17(14)23-19;3-2(4,5)1(6)7/h2-12,23H,1H3;(H,6,7). The number of halogens is 3. The Labute approximate surface area is 184 Å². The molecule has 0 aliphatic heterocycles. The lowest BCUT2D eigenvalue weighted by Crippen LogP contribution is -2.21. The highest BCUT2D eigenvalue weighted by Crippen LogP contribution is 2.30. The second-order valence-electron chi connectivity index (χ2n) is 6.89. The molecule has 3 aromatic heterocycles. The van der Waals surface area contributed by atoms with Gasteiger partial charge in [0, 0.05) is 22.7 Å². The maximum atomic E-state index is 10.6. The molecule has 0 unspecified atom stereocenters. The van der Waals surface area contributed by atoms with Crippen LogP contribution in [0.4, 0.5) is 13.2 Å². The van der Waals surface area contributed by atoms with Gasteiger partial charge < -0.3 is 19.2 Å². The van der Waals surface area contributed by atoms with E-state index in [4.69, 9.17) is 19.1 Å². The molecule has 168 valence electrons. The molecule has 0 saturated heterocycles. The molecule has 0 saturated carbocycles. The van der Waals surface area contributed by atoms with Gasteiger partial charge in [0.25, 0.3) is 0 Å². The number of benzene rings is 2. The van der Waals surface area contributed by atoms with E-state index in [2.05, 4.69) is 21.0 Å². The van der Waals surface area contributed by atoms with E-state index >= 15 is 0 Å². The van der Waals surface area contributed by atoms with Gasteiger partial charge in [0.05, 0.1) is 13.3 Å². The van der Waals surface area contributed by atoms with Gasteiger partial charge in [-0.3, -0.25) is 4.98 Å². The molecule has 0 aliphatic rings. The Morgan fingerprint density at radius 3 is 2.52 bits per heavy atom. The number of methoxy groups -OCH3 is 1. The average Bonchev–Trinajstić information content (AvgIpc) is 3.42. The van der Waals surface area contributed by atoms with Crippen LogP contribution in [0, 0.1) is 0 Å². The van der Waals surface area contributed by atoms with Crippen molar-refractivity contribution in [2.45, 2.75) is 6.18 Å². The predicted octanol–water partition coefficient (Wildman–Crippen LogP) is 5.68. The highest BCUT2D eigenvalue weighted by atomic mass is 19.4. The first-order valence-corrected chi connectivity index (χ1v) is 9.53. The first-order chi connectivity index (χ1) is 15.7. The molecule has 0 fully saturated rings. The van der Waals surface area contributed by atoms with Crippen molar-refractivity contribution in [2.75, 3.05) is 7.11 Å². The number of aliphatic carboxylic acids is 1. The Balaban J connectivity index is 0.000000325. The monoisotopic (exact) mass is 455 g/mol. The lowest BCUT2D eigenvalue weighted by atomic mass is 10.1. The number of aromatic amines is 1. The second-order valence-corrected chi connectivity index (χ2v) is 6.89. The summed E-state index contributed by atoms with van der Waals surface area (Å²) in [6, 6.07) is 18.1. The molecule has 0 bridgehead atoms. The normalized spacial score (nSPS) is 11.3. The van der Waals surface area contributed by atoms with Crippen molar-refractivity contribution in [2.24, 2.45) is 0 Å². The largest absolute Gasteiger partial charge is 0.495 e. The molecule has 0 atom stereocenters. The fourth-order valence-corrected chi connectivity index (χ4v) is 3.10. The summed E-state index contributed by atoms with van der Waals surface area (Å²) in [5.74, 6) is -1.46. The third-order valence-electron chi connectivity index (χ3n) is 4.67. The van der Waals surface area contributed by atoms with Crippen molar-refractivity contribution in [3.8, 4) is 28.5 Å². The van der Waals surface area contributed by atoms with Crippen LogP contribution in [0.2, 0.25) is 0 Å². The molecule has 33 heavy (non-hydrogen) atoms. The van der Waals surface area contributed by atoms with E-state index < -0.39 is 12.1 Å². The maximum absolute atomic E-state index is 10.6. The summed E-state index contributed by atoms with van der Waals surface area (Å²) in [5, 5.41) is 8.26. The second kappa shape index (κ2) is 8.65. The van der Waals surface area contributed by atoms with Crippen LogP contribution in [0.1, 0.15) is 0 Å². The first-order valence-electron chi connectivity index (χ1n) is 9.53. The number of fused-ring (bicyclic) bond motifs is 2. The topological polar surface area (TPSA) is 101 Å². The summed E-state index contributed by atoms with van der Waals surface area (Å²) in [6.45, 7) is 0. The van der Waals surface area contributed by atoms with Gasteiger partial charge in [0.2, 0.25) is 5.89 Å². The van der Waals surface area contributed by atoms with E-state index in [-0.39, 0.29) is 0 Å². The SMILES string of the molecule is COc1cncc(-c2ccc3nc(-c4cc5ccccc5[nH]4)oc3c2)c1.O=C(O)C(F)(F)F. The van der Waals surface area contributed by atoms with E-state index in [0.29, 0.717) is 5.89 Å². The number of nitrogens with zero attached hydrogens (tertiary/aromatic N) is 2. The molecule has 2 aromatic carbocycles. The fraction of sp³-hybridized carbons (Fsp3) is 0.0870. The molecular formula is C23H16F3N3O4. The van der Waals surface area contributed by atoms with Gasteiger partial charge in [-0.25, -0.2) is 9.78 Å². The van der Waals surface area contributed by atoms with Gasteiger partial charge in [0.1, 0.15) is 17.0 Å². The number of carboxylic acids is 1. The average molecular weight is 455 g/mol. The lowest BCUT2D eigenvalue weighted by Gasteiger charge is -2.03. The molecule has 5 rings (SSSR count). The Bertz CT molecular complexity index is 1410. The number of oxazole rings is 1. The van der Waals surface area contributed by atoms with Crippen LogP contribution in [0.5, 0.6) is 5.75 Å². The van der Waals surface area contributed by atoms with Gasteiger partial charge in [-0.2, -0.15) is 13.2 Å². The highest BCUT2D eigenvalue weighted by molar-refractivity contribution is 5.86. The number of H-pyrrole nitrogens is 1. The smallest absolute Gasteiger partial charge is 0.490 e. The number of para-hydroxylation sites is 1. The predicted molar refractivity (Wildman–Crippen MR) is 115 cm³/mol. The summed E-state index contributed by atoms with van der Waals surface area (Å²) >= 11 is 0. The fourth-order valence-electron chi connectivity index (χ4n) is 3.10. The van der Waals surface area contributed by atoms with Gasteiger partial charge >= 0.3 is 12.1 Å². The van der Waals surface area contributed by atoms with E-state index in [1.54, 1.807) is 19.5 Å². The number of nitrogens with one attached hydrogen (secondary N) is 1. The molecule has 10 heteroatoms. The van der Waals surface area contributed by atoms with Gasteiger partial charge in [-0.1, -0.05) is 24.3 Å². The number of alkyl halides is 3. The van der Waals surface area contributed by atoms with Crippen LogP contribution in [0.25, 0.3) is 44.7 Å². The third kappa shape index (κ3) is 4.79. The summed E-state index contributed by atoms with van der Waals surface area (Å²) in [6.07, 6.45) is -1.59. The number of hydrogen-bond donors (Lipinski definition) is 2. The van der Waals surface area contributed by atoms with Crippen LogP contribution < -0.4 is 4.74 Å². The van der Waals surface area contributed by atoms with Crippen LogP contribution >= 0.6 is 0 Å². The van der Waals surface area contributed by atoms with Crippen LogP contribution in [0.3, 0.4) is 0 Å². The third-order valence-corrected chi connectivity index (χ3v) is 4.67. The summed E-state index contributed by atoms with van der Waals surface area (Å²) < 4.78 is 43.0. The Hall–Kier alpha value is -4.34. The molecule has 5 aromatic rings. The number of hydrogen-bond acceptors (Lipinski definition) is 5. The molecule has 0 spiro atoms. The molecule has 7 nitrogen and oxygen atoms in total. The van der Waals surface area contributed by atoms with Crippen molar-refractivity contribution in [1.29, 1.82) is 0 Å². The number of ether oxygens (including phenoxy) is 1. The van der Waals surface area contributed by atoms with E-state index in [0.717, 1.165) is 44.6 Å². The van der Waals surface area contributed by atoms with Crippen molar-refractivity contribution >= 4 is 28.0 Å². The summed E-state index contributed by atoms with van der Waals surface area (Å²) in [7, 11) is 1.63. The Morgan fingerprint density at radius 1 is 1.06 bits per heavy atom. The maximum Gasteiger partial charge on any atom is 0.490 e. The highest BCUT2D eigenvalue weighted by Gasteiger charge is 2.38. The molecule has 2 N–H and O–H groups in total. The lowest BCUT2D eigenvalue weighted by molar-refractivity contribution is -0.192. The van der Waals surface area contributed by atoms with Crippen molar-refractivity contribution in [1.82, 2.24) is 15.0 Å². The van der Waals surface area contributed by atoms with E-state index in [9.17, 15) is 13.2 Å². The number of aromatic nitrogens is 3. The Kier molecular flexibility index (Phi) is 5.74. The first kappa shape index (κ1) is 21.9. The minimum absolute atomic E-state index is 0.581. The van der Waals surface area contributed by atoms with Gasteiger partial charge in [-0.15, -0.1) is 0 Å². The minimum atomic E-state index is -5.08. The van der Waals surface area contributed by atoms with Crippen molar-refractivity contribution in [3.63, 3.8) is 0 Å². The van der Waals surface area contributed by atoms with Crippen LogP contribution in [-0.2, 0) is 4.79 Å². The van der Waals surface area contributed by atoms with Gasteiger partial charge in [-0.05, 0) is 35.9 Å². The van der Waals surface area contributed by atoms with Gasteiger partial charge in [0.15, 0.2) is 5.58 Å². The number of rotatable bonds is 3. The number of pyridine rings is 1. The zero-order valence-electron chi connectivity index (χ0n) is 17.1. The number of carboxylic acid groups (broad SMARTS) is 1. The quantitative estimate of drug-likeness (QED) is 0.363. The zero-order chi connectivity index (χ0) is 23.6. The molecular weight excluding hydrogens is 439 g/mol. The van der Waals surface area contributed by atoms with Crippen molar-refractivity contribution in [3.05, 3.63) is 67.0 Å². The summed E-state index contributed by atoms with van der Waals surface area (Å²) in [4.78, 5) is 21.1. The van der Waals surface area contributed by atoms with Crippen LogP contribution in [0.15, 0.2) is 71.4 Å². The van der Waals surface area contributed by atoms with Crippen LogP contribution in [-0.4, -0.2) is 39.3 Å². The molecule has 0 aliphatic carbocycles. The summed E-state index contributed by atoms with van der Waals surface area (Å²) in [5.41, 5.74) is 5.45. The van der Waals surface area contributed by atoms with E-state index in [1.807, 2.05) is 48.5 Å². The molecule has 0 radical (unpaired) electrons. The zero-order valence-corrected chi connectivity index (χ0v) is 17.1. The Morgan fingerprint density at radius 2 is 1.82 bits per heavy atom. The van der Waals surface area contributed by atoms with Crippen molar-refractivity contribution < 1.29 is 32.2 Å². The van der Waals surface area contributed by atoms with E-state index in [1.165, 1.54) is 0 Å². The number of carbonyl (C=O) groups is 1. The minimum Gasteiger partial charge on any atom is -0.495 e.